The van der Waals surface area contributed by atoms with E-state index < -0.39 is 5.91 Å². The number of hydrogen-bond donors (Lipinski definition) is 1. The molecule has 0 aliphatic carbocycles. The van der Waals surface area contributed by atoms with Crippen LogP contribution in [-0.2, 0) is 4.79 Å². The van der Waals surface area contributed by atoms with Crippen molar-refractivity contribution in [1.29, 1.82) is 0 Å². The molecule has 0 aliphatic heterocycles. The lowest BCUT2D eigenvalue weighted by Gasteiger charge is -1.89. The maximum atomic E-state index is 10.3. The van der Waals surface area contributed by atoms with Gasteiger partial charge in [0.05, 0.1) is 0 Å². The lowest BCUT2D eigenvalue weighted by Crippen LogP contribution is -2.04. The maximum absolute atomic E-state index is 10.3. The normalized spacial score (nSPS) is 12.6. The quantitative estimate of drug-likeness (QED) is 0.380. The van der Waals surface area contributed by atoms with Gasteiger partial charge in [0.15, 0.2) is 0 Å². The third-order valence-electron chi connectivity index (χ3n) is 1.93. The Bertz CT molecular complexity index is 285. The van der Waals surface area contributed by atoms with Crippen molar-refractivity contribution in [1.82, 2.24) is 0 Å². The van der Waals surface area contributed by atoms with Gasteiger partial charge in [0.25, 0.3) is 0 Å². The Morgan fingerprint density at radius 3 is 2.25 bits per heavy atom. The second-order valence-corrected chi connectivity index (χ2v) is 3.46. The van der Waals surface area contributed by atoms with Gasteiger partial charge in [0.1, 0.15) is 0 Å². The molecular weight excluding hydrogens is 198 g/mol. The Morgan fingerprint density at radius 2 is 1.62 bits per heavy atom. The molecule has 0 atom stereocenters. The molecule has 1 amide bonds. The van der Waals surface area contributed by atoms with Gasteiger partial charge in [-0.3, -0.25) is 4.79 Å². The van der Waals surface area contributed by atoms with Crippen molar-refractivity contribution in [2.75, 3.05) is 0 Å². The van der Waals surface area contributed by atoms with Crippen LogP contribution in [-0.4, -0.2) is 5.91 Å². The van der Waals surface area contributed by atoms with Crippen molar-refractivity contribution >= 4 is 5.91 Å². The predicted molar refractivity (Wildman–Crippen MR) is 69.9 cm³/mol. The first-order valence-electron chi connectivity index (χ1n) is 5.73. The van der Waals surface area contributed by atoms with Gasteiger partial charge in [-0.15, -0.1) is 0 Å². The minimum Gasteiger partial charge on any atom is -0.366 e. The van der Waals surface area contributed by atoms with E-state index in [9.17, 15) is 4.79 Å². The molecule has 0 saturated heterocycles. The van der Waals surface area contributed by atoms with E-state index in [1.807, 2.05) is 24.3 Å². The van der Waals surface area contributed by atoms with Crippen molar-refractivity contribution < 1.29 is 4.79 Å². The molecule has 0 heterocycles. The van der Waals surface area contributed by atoms with E-state index in [2.05, 4.69) is 13.0 Å². The van der Waals surface area contributed by atoms with Gasteiger partial charge in [-0.2, -0.15) is 0 Å². The van der Waals surface area contributed by atoms with Crippen LogP contribution in [0.2, 0.25) is 0 Å². The van der Waals surface area contributed by atoms with Crippen molar-refractivity contribution in [3.05, 3.63) is 48.6 Å². The molecule has 0 aromatic heterocycles. The predicted octanol–water partition coefficient (Wildman–Crippen LogP) is 3.28. The number of rotatable bonds is 8. The molecule has 0 aliphatic rings. The lowest BCUT2D eigenvalue weighted by atomic mass is 10.2. The highest BCUT2D eigenvalue weighted by Crippen LogP contribution is 1.99. The smallest absolute Gasteiger partial charge is 0.241 e. The van der Waals surface area contributed by atoms with Gasteiger partial charge < -0.3 is 5.73 Å². The zero-order valence-corrected chi connectivity index (χ0v) is 9.93. The first-order chi connectivity index (χ1) is 7.77. The Balaban J connectivity index is 3.57. The van der Waals surface area contributed by atoms with Crippen LogP contribution in [0, 0.1) is 0 Å². The fraction of sp³-hybridized carbons (Fsp3) is 0.357. The van der Waals surface area contributed by atoms with Gasteiger partial charge in [-0.05, 0) is 12.8 Å². The monoisotopic (exact) mass is 219 g/mol. The zero-order chi connectivity index (χ0) is 12.1. The zero-order valence-electron chi connectivity index (χ0n) is 9.93. The van der Waals surface area contributed by atoms with Crippen molar-refractivity contribution in [3.63, 3.8) is 0 Å². The highest BCUT2D eigenvalue weighted by molar-refractivity contribution is 5.85. The summed E-state index contributed by atoms with van der Waals surface area (Å²) in [6.07, 6.45) is 19.6. The molecule has 0 fully saturated rings. The van der Waals surface area contributed by atoms with Crippen LogP contribution >= 0.6 is 0 Å². The first kappa shape index (κ1) is 14.4. The van der Waals surface area contributed by atoms with Crippen LogP contribution < -0.4 is 5.73 Å². The minimum atomic E-state index is -0.426. The maximum Gasteiger partial charge on any atom is 0.241 e. The average molecular weight is 219 g/mol. The minimum absolute atomic E-state index is 0.426. The molecule has 88 valence electrons. The van der Waals surface area contributed by atoms with E-state index in [4.69, 9.17) is 5.73 Å². The summed E-state index contributed by atoms with van der Waals surface area (Å²) >= 11 is 0. The Morgan fingerprint density at radius 1 is 1.00 bits per heavy atom. The summed E-state index contributed by atoms with van der Waals surface area (Å²) in [6.45, 7) is 2.20. The highest BCUT2D eigenvalue weighted by atomic mass is 16.1. The second-order valence-electron chi connectivity index (χ2n) is 3.46. The van der Waals surface area contributed by atoms with Gasteiger partial charge in [0.2, 0.25) is 5.91 Å². The number of amides is 1. The molecule has 2 nitrogen and oxygen atoms in total. The molecule has 0 saturated carbocycles. The van der Waals surface area contributed by atoms with Gasteiger partial charge in [0, 0.05) is 6.08 Å². The summed E-state index contributed by atoms with van der Waals surface area (Å²) in [4.78, 5) is 10.3. The number of nitrogens with two attached hydrogens (primary N) is 1. The largest absolute Gasteiger partial charge is 0.366 e. The van der Waals surface area contributed by atoms with E-state index in [0.29, 0.717) is 0 Å². The summed E-state index contributed by atoms with van der Waals surface area (Å²) in [5.74, 6) is -0.426. The fourth-order valence-corrected chi connectivity index (χ4v) is 1.09. The van der Waals surface area contributed by atoms with Crippen LogP contribution in [0.5, 0.6) is 0 Å². The number of carbonyl (C=O) groups excluding carboxylic acids is 1. The van der Waals surface area contributed by atoms with E-state index >= 15 is 0 Å². The summed E-state index contributed by atoms with van der Waals surface area (Å²) in [6, 6.07) is 0. The van der Waals surface area contributed by atoms with Crippen molar-refractivity contribution in [2.24, 2.45) is 5.73 Å². The Kier molecular flexibility index (Phi) is 10.4. The van der Waals surface area contributed by atoms with Crippen molar-refractivity contribution in [2.45, 2.75) is 32.6 Å². The topological polar surface area (TPSA) is 43.1 Å². The van der Waals surface area contributed by atoms with Gasteiger partial charge in [-0.25, -0.2) is 0 Å². The summed E-state index contributed by atoms with van der Waals surface area (Å²) < 4.78 is 0. The molecule has 0 bridgehead atoms. The first-order valence-corrected chi connectivity index (χ1v) is 5.73. The second kappa shape index (κ2) is 11.5. The molecule has 16 heavy (non-hydrogen) atoms. The molecule has 0 aromatic carbocycles. The van der Waals surface area contributed by atoms with Crippen LogP contribution in [0.1, 0.15) is 32.6 Å². The average Bonchev–Trinajstić information content (AvgIpc) is 2.25. The Hall–Kier alpha value is -1.57. The van der Waals surface area contributed by atoms with Crippen LogP contribution in [0.25, 0.3) is 0 Å². The SMILES string of the molecule is CCCCC/C=C/C=C/C=C/C=C/C(N)=O. The van der Waals surface area contributed by atoms with E-state index in [1.54, 1.807) is 12.2 Å². The highest BCUT2D eigenvalue weighted by Gasteiger charge is 1.79. The molecule has 0 spiro atoms. The third-order valence-corrected chi connectivity index (χ3v) is 1.93. The van der Waals surface area contributed by atoms with Crippen LogP contribution in [0.15, 0.2) is 48.6 Å². The third kappa shape index (κ3) is 12.4. The molecule has 0 radical (unpaired) electrons. The molecule has 2 heteroatoms. The molecule has 0 rings (SSSR count). The molecule has 2 N–H and O–H groups in total. The van der Waals surface area contributed by atoms with E-state index in [1.165, 1.54) is 25.3 Å². The van der Waals surface area contributed by atoms with Gasteiger partial charge >= 0.3 is 0 Å². The number of unbranched alkanes of at least 4 members (excludes halogenated alkanes) is 3. The van der Waals surface area contributed by atoms with E-state index in [-0.39, 0.29) is 0 Å². The van der Waals surface area contributed by atoms with Gasteiger partial charge in [-0.1, -0.05) is 62.3 Å². The van der Waals surface area contributed by atoms with E-state index in [0.717, 1.165) is 6.42 Å². The molecule has 0 unspecified atom stereocenters. The lowest BCUT2D eigenvalue weighted by molar-refractivity contribution is -0.113. The van der Waals surface area contributed by atoms with Crippen molar-refractivity contribution in [3.8, 4) is 0 Å². The summed E-state index contributed by atoms with van der Waals surface area (Å²) in [5.41, 5.74) is 4.92. The Labute approximate surface area is 98.2 Å². The number of allylic oxidation sites excluding steroid dienone is 7. The standard InChI is InChI=1S/C14H21NO/c1-2-3-4-5-6-7-8-9-10-11-12-13-14(15)16/h6-13H,2-5H2,1H3,(H2,15,16)/b7-6+,9-8+,11-10+,13-12+. The number of primary amides is 1. The summed E-state index contributed by atoms with van der Waals surface area (Å²) in [7, 11) is 0. The number of carbonyl (C=O) groups is 1. The van der Waals surface area contributed by atoms with Crippen LogP contribution in [0.3, 0.4) is 0 Å². The van der Waals surface area contributed by atoms with Crippen LogP contribution in [0.4, 0.5) is 0 Å². The fourth-order valence-electron chi connectivity index (χ4n) is 1.09. The summed E-state index contributed by atoms with van der Waals surface area (Å²) in [5, 5.41) is 0. The number of hydrogen-bond acceptors (Lipinski definition) is 1. The molecular formula is C14H21NO. The molecule has 0 aromatic rings.